The number of alkyl halides is 4. The van der Waals surface area contributed by atoms with Crippen molar-refractivity contribution < 1.29 is 27.1 Å². The van der Waals surface area contributed by atoms with Crippen LogP contribution >= 0.6 is 23.4 Å². The number of aromatic nitrogens is 1. The van der Waals surface area contributed by atoms with Gasteiger partial charge < -0.3 is 14.1 Å². The molecule has 0 fully saturated rings. The zero-order valence-corrected chi connectivity index (χ0v) is 20.8. The van der Waals surface area contributed by atoms with Gasteiger partial charge in [-0.25, -0.2) is 4.39 Å². The van der Waals surface area contributed by atoms with Crippen LogP contribution in [0.2, 0.25) is 0 Å². The van der Waals surface area contributed by atoms with Crippen LogP contribution in [0.3, 0.4) is 0 Å². The third-order valence-corrected chi connectivity index (χ3v) is 6.32. The molecule has 3 rings (SSSR count). The highest BCUT2D eigenvalue weighted by Gasteiger charge is 2.43. The lowest BCUT2D eigenvalue weighted by molar-refractivity contribution is -0.215. The van der Waals surface area contributed by atoms with Gasteiger partial charge in [0.05, 0.1) is 5.52 Å². The number of ether oxygens (including phenoxy) is 1. The minimum atomic E-state index is -4.67. The fourth-order valence-corrected chi connectivity index (χ4v) is 5.04. The second-order valence-electron chi connectivity index (χ2n) is 7.11. The van der Waals surface area contributed by atoms with Crippen molar-refractivity contribution in [2.45, 2.75) is 56.3 Å². The quantitative estimate of drug-likeness (QED) is 0.0938. The maximum atomic E-state index is 14.2. The van der Waals surface area contributed by atoms with Gasteiger partial charge in [0.25, 0.3) is 0 Å². The molecule has 186 valence electrons. The average molecular weight is 518 g/mol. The Labute approximate surface area is 207 Å². The van der Waals surface area contributed by atoms with E-state index in [2.05, 4.69) is 12.8 Å². The number of allylic oxidation sites excluding steroid dienone is 3. The Morgan fingerprint density at radius 1 is 1.29 bits per heavy atom. The van der Waals surface area contributed by atoms with Gasteiger partial charge in [0, 0.05) is 53.4 Å². The van der Waals surface area contributed by atoms with Crippen molar-refractivity contribution in [3.05, 3.63) is 52.8 Å². The smallest absolute Gasteiger partial charge is 0.367 e. The Morgan fingerprint density at radius 3 is 2.44 bits per heavy atom. The predicted octanol–water partition coefficient (Wildman–Crippen LogP) is 7.78. The summed E-state index contributed by atoms with van der Waals surface area (Å²) >= 11 is 6.50. The van der Waals surface area contributed by atoms with Crippen LogP contribution in [0, 0.1) is 18.7 Å². The van der Waals surface area contributed by atoms with Crippen LogP contribution < -0.4 is 0 Å². The summed E-state index contributed by atoms with van der Waals surface area (Å²) in [5, 5.41) is 2.11. The van der Waals surface area contributed by atoms with E-state index in [-0.39, 0.29) is 17.9 Å². The van der Waals surface area contributed by atoms with Crippen LogP contribution in [0.5, 0.6) is 0 Å². The molecule has 0 aliphatic carbocycles. The average Bonchev–Trinajstić information content (AvgIpc) is 3.33. The zero-order valence-electron chi connectivity index (χ0n) is 19.2. The number of rotatable bonds is 7. The van der Waals surface area contributed by atoms with Crippen LogP contribution in [0.1, 0.15) is 50.0 Å². The van der Waals surface area contributed by atoms with Crippen LogP contribution in [0.25, 0.3) is 10.9 Å². The number of aryl methyl sites for hydroxylation is 1. The molecule has 0 bridgehead atoms. The van der Waals surface area contributed by atoms with Crippen molar-refractivity contribution in [3.63, 3.8) is 0 Å². The number of hydrogen-bond acceptors (Lipinski definition) is 3. The Morgan fingerprint density at radius 2 is 1.97 bits per heavy atom. The number of aldehydes is 1. The van der Waals surface area contributed by atoms with E-state index in [1.165, 1.54) is 17.8 Å². The summed E-state index contributed by atoms with van der Waals surface area (Å²) in [4.78, 5) is 11.7. The molecule has 0 saturated heterocycles. The summed E-state index contributed by atoms with van der Waals surface area (Å²) in [6.45, 7) is 4.29. The predicted molar refractivity (Wildman–Crippen MR) is 132 cm³/mol. The van der Waals surface area contributed by atoms with Gasteiger partial charge in [-0.2, -0.15) is 13.2 Å². The molecule has 9 heteroatoms. The minimum absolute atomic E-state index is 0.0922. The lowest BCUT2D eigenvalue weighted by Gasteiger charge is -2.21. The van der Waals surface area contributed by atoms with E-state index in [4.69, 9.17) is 16.3 Å². The third kappa shape index (κ3) is 6.91. The molecule has 2 heterocycles. The number of nitrogens with zero attached hydrogens (tertiary/aromatic N) is 1. The molecule has 34 heavy (non-hydrogen) atoms. The molecule has 2 aromatic rings. The monoisotopic (exact) mass is 517 g/mol. The molecule has 1 aliphatic rings. The molecular formula is C25H28ClF4NO2S. The van der Waals surface area contributed by atoms with Crippen molar-refractivity contribution >= 4 is 40.6 Å². The molecule has 0 N–H and O–H groups in total. The van der Waals surface area contributed by atoms with Gasteiger partial charge in [-0.15, -0.1) is 24.4 Å². The van der Waals surface area contributed by atoms with Gasteiger partial charge in [-0.3, -0.25) is 0 Å². The second-order valence-corrected chi connectivity index (χ2v) is 8.34. The largest absolute Gasteiger partial charge is 0.418 e. The molecule has 0 amide bonds. The molecule has 0 saturated carbocycles. The van der Waals surface area contributed by atoms with Gasteiger partial charge >= 0.3 is 6.18 Å². The first kappa shape index (κ1) is 29.8. The molecule has 2 unspecified atom stereocenters. The molecule has 1 aromatic carbocycles. The van der Waals surface area contributed by atoms with Crippen LogP contribution in [-0.4, -0.2) is 30.0 Å². The highest BCUT2D eigenvalue weighted by molar-refractivity contribution is 8.02. The first-order valence-corrected chi connectivity index (χ1v) is 11.8. The Kier molecular flexibility index (Phi) is 12.5. The number of carbonyl (C=O) groups is 1. The lowest BCUT2D eigenvalue weighted by atomic mass is 9.98. The summed E-state index contributed by atoms with van der Waals surface area (Å²) in [5.41, 5.74) is 0.967. The van der Waals surface area contributed by atoms with Crippen molar-refractivity contribution in [3.8, 4) is 12.8 Å². The van der Waals surface area contributed by atoms with Crippen molar-refractivity contribution in [2.75, 3.05) is 13.0 Å². The molecule has 0 spiro atoms. The number of methoxy groups -OCH3 is 1. The number of thioether (sulfide) groups is 1. The number of halogens is 5. The van der Waals surface area contributed by atoms with E-state index in [0.29, 0.717) is 34.6 Å². The van der Waals surface area contributed by atoms with Crippen molar-refractivity contribution in [2.24, 2.45) is 0 Å². The third-order valence-electron chi connectivity index (χ3n) is 5.08. The molecule has 1 aromatic heterocycles. The van der Waals surface area contributed by atoms with E-state index in [1.807, 2.05) is 30.6 Å². The summed E-state index contributed by atoms with van der Waals surface area (Å²) in [6, 6.07) is 2.16. The van der Waals surface area contributed by atoms with E-state index in [1.54, 1.807) is 11.5 Å². The van der Waals surface area contributed by atoms with E-state index >= 15 is 0 Å². The topological polar surface area (TPSA) is 31.2 Å². The maximum absolute atomic E-state index is 14.2. The highest BCUT2D eigenvalue weighted by atomic mass is 35.5. The Hall–Kier alpha value is -2.21. The Balaban J connectivity index is 0.000000733. The maximum Gasteiger partial charge on any atom is 0.418 e. The molecule has 3 nitrogen and oxygen atoms in total. The number of fused-ring (bicyclic) bond motifs is 3. The van der Waals surface area contributed by atoms with Gasteiger partial charge in [-0.05, 0) is 37.8 Å². The number of terminal acetylenes is 1. The fourth-order valence-electron chi connectivity index (χ4n) is 3.86. The SMILES string of the molecule is C#C.C/C=C/Sc1c2n(c3cc(F)cc(C(OC)C(F)(F)F)c13)CCC2CC=O.C/C=C\CCl. The Bertz CT molecular complexity index is 1030. The van der Waals surface area contributed by atoms with Crippen molar-refractivity contribution in [1.82, 2.24) is 4.57 Å². The highest BCUT2D eigenvalue weighted by Crippen LogP contribution is 2.49. The second kappa shape index (κ2) is 14.2. The van der Waals surface area contributed by atoms with Crippen LogP contribution in [0.15, 0.2) is 40.7 Å². The summed E-state index contributed by atoms with van der Waals surface area (Å²) in [7, 11) is 0.965. The normalized spacial score (nSPS) is 16.1. The van der Waals surface area contributed by atoms with E-state index in [9.17, 15) is 22.4 Å². The van der Waals surface area contributed by atoms with Crippen LogP contribution in [-0.2, 0) is 16.1 Å². The summed E-state index contributed by atoms with van der Waals surface area (Å²) in [5.74, 6) is -0.202. The van der Waals surface area contributed by atoms with Crippen molar-refractivity contribution in [1.29, 1.82) is 0 Å². The van der Waals surface area contributed by atoms with Gasteiger partial charge in [0.1, 0.15) is 12.1 Å². The standard InChI is InChI=1S/C19H19F4NO2S.C4H7Cl.C2H2/c1-3-8-27-17-15-13(18(26-2)19(21,22)23)9-12(20)10-14(15)24-6-4-11(5-7-25)16(17)24;1-2-3-4-5;1-2/h3,7-11,18H,4-6H2,1-2H3;2-3H,4H2,1H3;1-2H/b8-3+;3-2-;. The van der Waals surface area contributed by atoms with Gasteiger partial charge in [-0.1, -0.05) is 30.0 Å². The first-order chi connectivity index (χ1) is 16.2. The zero-order chi connectivity index (χ0) is 25.9. The number of benzene rings is 1. The first-order valence-electron chi connectivity index (χ1n) is 10.4. The molecule has 2 atom stereocenters. The fraction of sp³-hybridized carbons (Fsp3) is 0.400. The van der Waals surface area contributed by atoms with Crippen LogP contribution in [0.4, 0.5) is 17.6 Å². The van der Waals surface area contributed by atoms with E-state index < -0.39 is 18.1 Å². The summed E-state index contributed by atoms with van der Waals surface area (Å²) in [6.07, 6.45) is 8.49. The molecule has 0 radical (unpaired) electrons. The molecule has 1 aliphatic heterocycles. The minimum Gasteiger partial charge on any atom is -0.367 e. The number of carbonyl (C=O) groups excluding carboxylic acids is 1. The van der Waals surface area contributed by atoms with Gasteiger partial charge in [0.15, 0.2) is 6.10 Å². The lowest BCUT2D eigenvalue weighted by Crippen LogP contribution is -2.23. The summed E-state index contributed by atoms with van der Waals surface area (Å²) < 4.78 is 61.4. The van der Waals surface area contributed by atoms with E-state index in [0.717, 1.165) is 25.2 Å². The number of hydrogen-bond donors (Lipinski definition) is 0. The van der Waals surface area contributed by atoms with Gasteiger partial charge in [0.2, 0.25) is 0 Å². The molecular weight excluding hydrogens is 490 g/mol.